The Labute approximate surface area is 156 Å². The Morgan fingerprint density at radius 1 is 1.27 bits per heavy atom. The summed E-state index contributed by atoms with van der Waals surface area (Å²) in [6, 6.07) is 7.00. The van der Waals surface area contributed by atoms with Gasteiger partial charge in [-0.15, -0.1) is 6.58 Å². The molecule has 2 unspecified atom stereocenters. The number of rotatable bonds is 7. The lowest BCUT2D eigenvalue weighted by atomic mass is 9.97. The Morgan fingerprint density at radius 3 is 2.38 bits per heavy atom. The number of amides is 1. The fourth-order valence-corrected chi connectivity index (χ4v) is 4.53. The second-order valence-electron chi connectivity index (χ2n) is 6.88. The van der Waals surface area contributed by atoms with Crippen LogP contribution in [0.4, 0.5) is 5.69 Å². The lowest BCUT2D eigenvalue weighted by Crippen LogP contribution is -2.49. The molecule has 2 rings (SSSR count). The molecule has 1 heterocycles. The third kappa shape index (κ3) is 4.65. The second-order valence-corrected chi connectivity index (χ2v) is 8.93. The zero-order valence-corrected chi connectivity index (χ0v) is 16.6. The van der Waals surface area contributed by atoms with Gasteiger partial charge in [0.05, 0.1) is 11.4 Å². The summed E-state index contributed by atoms with van der Waals surface area (Å²) in [5.74, 6) is 0.0760. The number of anilines is 1. The van der Waals surface area contributed by atoms with Gasteiger partial charge in [-0.05, 0) is 57.4 Å². The quantitative estimate of drug-likeness (QED) is 0.740. The number of piperidine rings is 1. The minimum atomic E-state index is -3.52. The number of benzene rings is 1. The van der Waals surface area contributed by atoms with Crippen LogP contribution in [0.25, 0.3) is 0 Å². The number of carbonyl (C=O) groups is 1. The number of nitrogens with zero attached hydrogens (tertiary/aromatic N) is 2. The summed E-state index contributed by atoms with van der Waals surface area (Å²) in [5, 5.41) is 3.10. The molecule has 1 fully saturated rings. The van der Waals surface area contributed by atoms with E-state index in [0.29, 0.717) is 0 Å². The van der Waals surface area contributed by atoms with Crippen molar-refractivity contribution in [3.8, 4) is 0 Å². The van der Waals surface area contributed by atoms with Gasteiger partial charge in [-0.1, -0.05) is 6.08 Å². The highest BCUT2D eigenvalue weighted by molar-refractivity contribution is 7.89. The van der Waals surface area contributed by atoms with Gasteiger partial charge < -0.3 is 10.2 Å². The van der Waals surface area contributed by atoms with Crippen LogP contribution < -0.4 is 5.32 Å². The van der Waals surface area contributed by atoms with Gasteiger partial charge in [0.1, 0.15) is 0 Å². The van der Waals surface area contributed by atoms with Crippen molar-refractivity contribution in [3.63, 3.8) is 0 Å². The van der Waals surface area contributed by atoms with Gasteiger partial charge >= 0.3 is 0 Å². The lowest BCUT2D eigenvalue weighted by molar-refractivity contribution is -0.135. The molecular weight excluding hydrogens is 350 g/mol. The summed E-state index contributed by atoms with van der Waals surface area (Å²) < 4.78 is 26.0. The molecule has 1 aromatic rings. The second kappa shape index (κ2) is 8.68. The average Bonchev–Trinajstić information content (AvgIpc) is 2.60. The SMILES string of the molecule is C=CCN(C)S(=O)(=O)c1ccc(NCC(=O)N2C(C)CCCC2C)cc1. The molecule has 1 amide bonds. The highest BCUT2D eigenvalue weighted by Gasteiger charge is 2.28. The van der Waals surface area contributed by atoms with Crippen LogP contribution in [0.15, 0.2) is 41.8 Å². The molecule has 2 atom stereocenters. The molecule has 1 N–H and O–H groups in total. The van der Waals surface area contributed by atoms with E-state index in [2.05, 4.69) is 25.7 Å². The average molecular weight is 380 g/mol. The molecule has 6 nitrogen and oxygen atoms in total. The van der Waals surface area contributed by atoms with Crippen LogP contribution in [0.5, 0.6) is 0 Å². The first-order valence-electron chi connectivity index (χ1n) is 8.99. The summed E-state index contributed by atoms with van der Waals surface area (Å²) >= 11 is 0. The van der Waals surface area contributed by atoms with Gasteiger partial charge in [0.25, 0.3) is 0 Å². The normalized spacial score (nSPS) is 20.8. The summed E-state index contributed by atoms with van der Waals surface area (Å²) in [7, 11) is -2.01. The van der Waals surface area contributed by atoms with Crippen molar-refractivity contribution in [2.45, 2.75) is 50.1 Å². The highest BCUT2D eigenvalue weighted by atomic mass is 32.2. The van der Waals surface area contributed by atoms with Gasteiger partial charge in [-0.3, -0.25) is 4.79 Å². The van der Waals surface area contributed by atoms with E-state index in [1.54, 1.807) is 30.3 Å². The predicted octanol–water partition coefficient (Wildman–Crippen LogP) is 2.69. The van der Waals surface area contributed by atoms with Crippen LogP contribution in [-0.4, -0.2) is 55.8 Å². The lowest BCUT2D eigenvalue weighted by Gasteiger charge is -2.39. The van der Waals surface area contributed by atoms with Gasteiger partial charge in [-0.2, -0.15) is 4.31 Å². The van der Waals surface area contributed by atoms with Gasteiger partial charge in [0.2, 0.25) is 15.9 Å². The van der Waals surface area contributed by atoms with Crippen molar-refractivity contribution in [1.29, 1.82) is 0 Å². The predicted molar refractivity (Wildman–Crippen MR) is 105 cm³/mol. The van der Waals surface area contributed by atoms with E-state index in [9.17, 15) is 13.2 Å². The number of likely N-dealkylation sites (N-methyl/N-ethyl adjacent to an activating group) is 1. The smallest absolute Gasteiger partial charge is 0.243 e. The molecule has 0 radical (unpaired) electrons. The maximum Gasteiger partial charge on any atom is 0.243 e. The van der Waals surface area contributed by atoms with Gasteiger partial charge in [0.15, 0.2) is 0 Å². The van der Waals surface area contributed by atoms with Crippen molar-refractivity contribution in [2.75, 3.05) is 25.5 Å². The largest absolute Gasteiger partial charge is 0.376 e. The molecular formula is C19H29N3O3S. The third-order valence-corrected chi connectivity index (χ3v) is 6.71. The number of carbonyl (C=O) groups excluding carboxylic acids is 1. The molecule has 0 saturated carbocycles. The Balaban J connectivity index is 1.99. The van der Waals surface area contributed by atoms with Crippen LogP contribution in [-0.2, 0) is 14.8 Å². The molecule has 144 valence electrons. The zero-order chi connectivity index (χ0) is 19.3. The number of hydrogen-bond acceptors (Lipinski definition) is 4. The molecule has 0 aromatic heterocycles. The van der Waals surface area contributed by atoms with Gasteiger partial charge in [0, 0.05) is 31.4 Å². The van der Waals surface area contributed by atoms with E-state index >= 15 is 0 Å². The zero-order valence-electron chi connectivity index (χ0n) is 15.8. The molecule has 26 heavy (non-hydrogen) atoms. The molecule has 1 aliphatic rings. The van der Waals surface area contributed by atoms with Crippen molar-refractivity contribution >= 4 is 21.6 Å². The van der Waals surface area contributed by atoms with E-state index in [0.717, 1.165) is 24.9 Å². The fraction of sp³-hybridized carbons (Fsp3) is 0.526. The van der Waals surface area contributed by atoms with E-state index < -0.39 is 10.0 Å². The van der Waals surface area contributed by atoms with Crippen LogP contribution in [0.2, 0.25) is 0 Å². The number of hydrogen-bond donors (Lipinski definition) is 1. The third-order valence-electron chi connectivity index (χ3n) is 4.87. The topological polar surface area (TPSA) is 69.7 Å². The molecule has 1 aliphatic heterocycles. The minimum Gasteiger partial charge on any atom is -0.376 e. The molecule has 0 bridgehead atoms. The first-order valence-corrected chi connectivity index (χ1v) is 10.4. The van der Waals surface area contributed by atoms with Gasteiger partial charge in [-0.25, -0.2) is 8.42 Å². The van der Waals surface area contributed by atoms with E-state index in [1.165, 1.54) is 11.4 Å². The summed E-state index contributed by atoms with van der Waals surface area (Å²) in [4.78, 5) is 14.7. The molecule has 1 aromatic carbocycles. The van der Waals surface area contributed by atoms with E-state index in [4.69, 9.17) is 0 Å². The maximum absolute atomic E-state index is 12.5. The van der Waals surface area contributed by atoms with Crippen LogP contribution in [0.3, 0.4) is 0 Å². The first kappa shape index (κ1) is 20.5. The first-order chi connectivity index (χ1) is 12.3. The number of nitrogens with one attached hydrogen (secondary N) is 1. The summed E-state index contributed by atoms with van der Waals surface area (Å²) in [6.45, 7) is 8.20. The van der Waals surface area contributed by atoms with E-state index in [-0.39, 0.29) is 36.0 Å². The van der Waals surface area contributed by atoms with Crippen LogP contribution in [0, 0.1) is 0 Å². The number of sulfonamides is 1. The fourth-order valence-electron chi connectivity index (χ4n) is 3.39. The maximum atomic E-state index is 12.5. The monoisotopic (exact) mass is 379 g/mol. The van der Waals surface area contributed by atoms with Crippen LogP contribution >= 0.6 is 0 Å². The molecule has 1 saturated heterocycles. The minimum absolute atomic E-state index is 0.0760. The van der Waals surface area contributed by atoms with Crippen molar-refractivity contribution in [3.05, 3.63) is 36.9 Å². The highest BCUT2D eigenvalue weighted by Crippen LogP contribution is 2.23. The Kier molecular flexibility index (Phi) is 6.83. The van der Waals surface area contributed by atoms with Crippen molar-refractivity contribution in [1.82, 2.24) is 9.21 Å². The Hall–Kier alpha value is -1.86. The Bertz CT molecular complexity index is 721. The van der Waals surface area contributed by atoms with Crippen molar-refractivity contribution in [2.24, 2.45) is 0 Å². The van der Waals surface area contributed by atoms with E-state index in [1.807, 2.05) is 4.90 Å². The van der Waals surface area contributed by atoms with Crippen molar-refractivity contribution < 1.29 is 13.2 Å². The number of likely N-dealkylation sites (tertiary alicyclic amines) is 1. The molecule has 0 aliphatic carbocycles. The molecule has 0 spiro atoms. The Morgan fingerprint density at radius 2 is 1.85 bits per heavy atom. The summed E-state index contributed by atoms with van der Waals surface area (Å²) in [5.41, 5.74) is 0.723. The standard InChI is InChI=1S/C19H29N3O3S/c1-5-13-21(4)26(24,25)18-11-9-17(10-12-18)20-14-19(23)22-15(2)7-6-8-16(22)3/h5,9-12,15-16,20H,1,6-8,13-14H2,2-4H3. The molecule has 7 heteroatoms. The van der Waals surface area contributed by atoms with Crippen LogP contribution in [0.1, 0.15) is 33.1 Å². The summed E-state index contributed by atoms with van der Waals surface area (Å²) in [6.07, 6.45) is 4.79.